The van der Waals surface area contributed by atoms with Gasteiger partial charge in [0.2, 0.25) is 0 Å². The van der Waals surface area contributed by atoms with Crippen LogP contribution in [0.4, 0.5) is 8.78 Å². The molecule has 2 aromatic rings. The molecular weight excluding hydrogens is 389 g/mol. The van der Waals surface area contributed by atoms with Crippen molar-refractivity contribution in [3.63, 3.8) is 0 Å². The van der Waals surface area contributed by atoms with E-state index in [0.29, 0.717) is 18.5 Å². The molecule has 0 spiro atoms. The second kappa shape index (κ2) is 7.72. The molecule has 3 rings (SSSR count). The number of imidazole rings is 1. The van der Waals surface area contributed by atoms with Crippen molar-refractivity contribution in [1.82, 2.24) is 19.5 Å². The van der Waals surface area contributed by atoms with Gasteiger partial charge in [-0.25, -0.2) is 9.97 Å². The van der Waals surface area contributed by atoms with E-state index in [-0.39, 0.29) is 43.0 Å². The molecule has 27 heavy (non-hydrogen) atoms. The van der Waals surface area contributed by atoms with Gasteiger partial charge in [-0.15, -0.1) is 0 Å². The number of hydrogen-bond acceptors (Lipinski definition) is 6. The summed E-state index contributed by atoms with van der Waals surface area (Å²) in [6.07, 6.45) is 2.29. The minimum Gasteiger partial charge on any atom is -0.379 e. The van der Waals surface area contributed by atoms with Crippen LogP contribution in [0.5, 0.6) is 0 Å². The Bertz CT molecular complexity index is 897. The topological polar surface area (TPSA) is 140 Å². The number of alkyl halides is 2. The van der Waals surface area contributed by atoms with Crippen LogP contribution in [0.3, 0.4) is 0 Å². The molecule has 150 valence electrons. The predicted octanol–water partition coefficient (Wildman–Crippen LogP) is 1.36. The lowest BCUT2D eigenvalue weighted by Gasteiger charge is -2.18. The van der Waals surface area contributed by atoms with Crippen LogP contribution >= 0.6 is 7.60 Å². The summed E-state index contributed by atoms with van der Waals surface area (Å²) in [5.74, 6) is 0. The van der Waals surface area contributed by atoms with E-state index in [1.807, 2.05) is 0 Å². The Morgan fingerprint density at radius 1 is 1.41 bits per heavy atom. The molecule has 2 aromatic heterocycles. The first-order valence-electron chi connectivity index (χ1n) is 8.26. The van der Waals surface area contributed by atoms with Crippen molar-refractivity contribution in [2.75, 3.05) is 13.2 Å². The van der Waals surface area contributed by atoms with Crippen LogP contribution in [0.15, 0.2) is 17.4 Å². The Morgan fingerprint density at radius 2 is 2.19 bits per heavy atom. The van der Waals surface area contributed by atoms with Gasteiger partial charge in [-0.1, -0.05) is 0 Å². The highest BCUT2D eigenvalue weighted by Gasteiger charge is 2.47. The Morgan fingerprint density at radius 3 is 2.93 bits per heavy atom. The molecule has 10 nitrogen and oxygen atoms in total. The Balaban J connectivity index is 1.46. The SMILES string of the molecule is O=c1[nH]cnc2c1ncn2[C@H]1CC[C@@H](COCCCC(F)(F)P(=O)(O)O)O1. The van der Waals surface area contributed by atoms with Gasteiger partial charge in [0, 0.05) is 13.0 Å². The first kappa shape index (κ1) is 20.0. The normalized spacial score (nSPS) is 21.2. The number of halogens is 2. The molecule has 1 saturated heterocycles. The summed E-state index contributed by atoms with van der Waals surface area (Å²) < 4.78 is 49.7. The Labute approximate surface area is 151 Å². The molecule has 1 aliphatic rings. The molecule has 3 heterocycles. The fourth-order valence-corrected chi connectivity index (χ4v) is 3.28. The standard InChI is InChI=1S/C14H19F2N4O6P/c15-14(16,27(22,23)24)4-1-5-25-6-9-2-3-10(26-9)20-8-19-11-12(20)17-7-18-13(11)21/h7-10H,1-6H2,(H,17,18,21)(H2,22,23,24)/t9-,10+/m0/s1. The largest absolute Gasteiger partial charge is 0.394 e. The number of aromatic amines is 1. The van der Waals surface area contributed by atoms with Gasteiger partial charge >= 0.3 is 13.3 Å². The van der Waals surface area contributed by atoms with Gasteiger partial charge in [-0.3, -0.25) is 13.9 Å². The zero-order valence-corrected chi connectivity index (χ0v) is 15.0. The second-order valence-electron chi connectivity index (χ2n) is 6.23. The number of nitrogens with zero attached hydrogens (tertiary/aromatic N) is 3. The Hall–Kier alpha value is -1.72. The van der Waals surface area contributed by atoms with Gasteiger partial charge in [-0.2, -0.15) is 8.78 Å². The smallest absolute Gasteiger partial charge is 0.379 e. The van der Waals surface area contributed by atoms with Gasteiger partial charge in [0.1, 0.15) is 6.23 Å². The highest BCUT2D eigenvalue weighted by atomic mass is 31.2. The fourth-order valence-electron chi connectivity index (χ4n) is 2.84. The van der Waals surface area contributed by atoms with E-state index < -0.39 is 19.7 Å². The summed E-state index contributed by atoms with van der Waals surface area (Å²) in [7, 11) is -5.45. The van der Waals surface area contributed by atoms with Crippen LogP contribution in [0.1, 0.15) is 31.9 Å². The highest BCUT2D eigenvalue weighted by molar-refractivity contribution is 7.53. The van der Waals surface area contributed by atoms with Crippen molar-refractivity contribution in [2.45, 2.75) is 43.7 Å². The molecule has 0 aromatic carbocycles. The number of fused-ring (bicyclic) bond motifs is 1. The molecule has 1 fully saturated rings. The van der Waals surface area contributed by atoms with E-state index in [0.717, 1.165) is 0 Å². The van der Waals surface area contributed by atoms with Crippen molar-refractivity contribution < 1.29 is 32.6 Å². The minimum atomic E-state index is -5.45. The molecule has 2 atom stereocenters. The molecule has 1 aliphatic heterocycles. The third-order valence-corrected chi connectivity index (χ3v) is 5.33. The summed E-state index contributed by atoms with van der Waals surface area (Å²) in [4.78, 5) is 39.3. The fraction of sp³-hybridized carbons (Fsp3) is 0.643. The maximum atomic E-state index is 13.1. The number of ether oxygens (including phenoxy) is 2. The number of nitrogens with one attached hydrogen (secondary N) is 1. The van der Waals surface area contributed by atoms with Crippen LogP contribution in [0.25, 0.3) is 11.2 Å². The Kier molecular flexibility index (Phi) is 5.73. The third kappa shape index (κ3) is 4.41. The average molecular weight is 408 g/mol. The van der Waals surface area contributed by atoms with Gasteiger partial charge in [-0.05, 0) is 19.3 Å². The lowest BCUT2D eigenvalue weighted by atomic mass is 10.2. The van der Waals surface area contributed by atoms with Crippen molar-refractivity contribution in [3.05, 3.63) is 23.0 Å². The molecule has 13 heteroatoms. The maximum absolute atomic E-state index is 13.1. The van der Waals surface area contributed by atoms with E-state index in [2.05, 4.69) is 15.0 Å². The van der Waals surface area contributed by atoms with Crippen LogP contribution in [0.2, 0.25) is 0 Å². The van der Waals surface area contributed by atoms with Gasteiger partial charge in [0.25, 0.3) is 5.56 Å². The number of hydrogen-bond donors (Lipinski definition) is 3. The van der Waals surface area contributed by atoms with Gasteiger partial charge in [0.05, 0.1) is 25.4 Å². The summed E-state index contributed by atoms with van der Waals surface area (Å²) in [6.45, 7) is 0.101. The second-order valence-corrected chi connectivity index (χ2v) is 7.98. The molecule has 0 aliphatic carbocycles. The number of H-pyrrole nitrogens is 1. The monoisotopic (exact) mass is 408 g/mol. The predicted molar refractivity (Wildman–Crippen MR) is 88.3 cm³/mol. The molecule has 3 N–H and O–H groups in total. The van der Waals surface area contributed by atoms with Gasteiger partial charge < -0.3 is 24.2 Å². The third-order valence-electron chi connectivity index (χ3n) is 4.26. The van der Waals surface area contributed by atoms with E-state index in [1.165, 1.54) is 12.7 Å². The zero-order chi connectivity index (χ0) is 19.7. The lowest BCUT2D eigenvalue weighted by Crippen LogP contribution is -2.19. The van der Waals surface area contributed by atoms with Crippen LogP contribution in [0, 0.1) is 0 Å². The lowest BCUT2D eigenvalue weighted by molar-refractivity contribution is -0.0427. The van der Waals surface area contributed by atoms with Crippen molar-refractivity contribution in [3.8, 4) is 0 Å². The van der Waals surface area contributed by atoms with E-state index in [4.69, 9.17) is 19.3 Å². The molecule has 0 unspecified atom stereocenters. The number of aromatic nitrogens is 4. The summed E-state index contributed by atoms with van der Waals surface area (Å²) in [6, 6.07) is 0. The summed E-state index contributed by atoms with van der Waals surface area (Å²) >= 11 is 0. The highest BCUT2D eigenvalue weighted by Crippen LogP contribution is 2.55. The van der Waals surface area contributed by atoms with Crippen molar-refractivity contribution >= 4 is 18.8 Å². The summed E-state index contributed by atoms with van der Waals surface area (Å²) in [5.41, 5.74) is -3.76. The molecule has 0 bridgehead atoms. The number of rotatable bonds is 8. The van der Waals surface area contributed by atoms with Crippen molar-refractivity contribution in [1.29, 1.82) is 0 Å². The van der Waals surface area contributed by atoms with Crippen LogP contribution < -0.4 is 5.56 Å². The van der Waals surface area contributed by atoms with E-state index in [9.17, 15) is 18.1 Å². The van der Waals surface area contributed by atoms with E-state index in [1.54, 1.807) is 4.57 Å². The molecule has 0 saturated carbocycles. The quantitative estimate of drug-likeness (QED) is 0.440. The van der Waals surface area contributed by atoms with Crippen LogP contribution in [-0.2, 0) is 14.0 Å². The first-order chi connectivity index (χ1) is 12.7. The molecule has 0 amide bonds. The molecule has 0 radical (unpaired) electrons. The van der Waals surface area contributed by atoms with Crippen LogP contribution in [-0.4, -0.2) is 54.3 Å². The average Bonchev–Trinajstić information content (AvgIpc) is 3.20. The van der Waals surface area contributed by atoms with Crippen molar-refractivity contribution in [2.24, 2.45) is 0 Å². The van der Waals surface area contributed by atoms with Gasteiger partial charge in [0.15, 0.2) is 11.2 Å². The minimum absolute atomic E-state index is 0.0644. The van der Waals surface area contributed by atoms with E-state index >= 15 is 0 Å². The molecular formula is C14H19F2N4O6P. The maximum Gasteiger partial charge on any atom is 0.394 e. The summed E-state index contributed by atoms with van der Waals surface area (Å²) in [5, 5.41) is 0. The zero-order valence-electron chi connectivity index (χ0n) is 14.1. The first-order valence-corrected chi connectivity index (χ1v) is 9.87.